The second kappa shape index (κ2) is 4.18. The highest BCUT2D eigenvalue weighted by molar-refractivity contribution is 7.12. The fraction of sp³-hybridized carbons (Fsp3) is 0.286. The lowest BCUT2D eigenvalue weighted by Gasteiger charge is -2.00. The van der Waals surface area contributed by atoms with Gasteiger partial charge in [0, 0.05) is 0 Å². The average Bonchev–Trinajstić information content (AvgIpc) is 2.47. The quantitative estimate of drug-likeness (QED) is 0.733. The molecule has 0 aliphatic carbocycles. The van der Waals surface area contributed by atoms with Gasteiger partial charge in [0.05, 0.1) is 6.61 Å². The minimum absolute atomic E-state index is 0.0449. The molecule has 0 aliphatic heterocycles. The third-order valence-electron chi connectivity index (χ3n) is 1.13. The van der Waals surface area contributed by atoms with Crippen LogP contribution in [0.4, 0.5) is 4.39 Å². The van der Waals surface area contributed by atoms with E-state index >= 15 is 0 Å². The maximum absolute atomic E-state index is 12.7. The van der Waals surface area contributed by atoms with Crippen molar-refractivity contribution in [1.82, 2.24) is 5.48 Å². The molecule has 0 aliphatic rings. The third-order valence-corrected chi connectivity index (χ3v) is 2.02. The van der Waals surface area contributed by atoms with Gasteiger partial charge in [0.2, 0.25) is 0 Å². The van der Waals surface area contributed by atoms with E-state index in [2.05, 4.69) is 10.3 Å². The molecule has 1 amide bonds. The van der Waals surface area contributed by atoms with Crippen LogP contribution in [0, 0.1) is 5.82 Å². The van der Waals surface area contributed by atoms with Crippen molar-refractivity contribution in [3.63, 3.8) is 0 Å². The van der Waals surface area contributed by atoms with Crippen LogP contribution >= 0.6 is 11.3 Å². The topological polar surface area (TPSA) is 38.3 Å². The van der Waals surface area contributed by atoms with Crippen molar-refractivity contribution in [2.24, 2.45) is 0 Å². The number of hydrogen-bond donors (Lipinski definition) is 1. The fourth-order valence-corrected chi connectivity index (χ4v) is 1.29. The first-order chi connectivity index (χ1) is 5.75. The van der Waals surface area contributed by atoms with Crippen LogP contribution in [0.1, 0.15) is 16.6 Å². The van der Waals surface area contributed by atoms with Crippen LogP contribution in [0.25, 0.3) is 0 Å². The Morgan fingerprint density at radius 2 is 2.58 bits per heavy atom. The Morgan fingerprint density at radius 1 is 1.83 bits per heavy atom. The molecule has 5 heteroatoms. The van der Waals surface area contributed by atoms with Gasteiger partial charge in [-0.1, -0.05) is 0 Å². The van der Waals surface area contributed by atoms with E-state index in [1.165, 1.54) is 11.4 Å². The van der Waals surface area contributed by atoms with Crippen molar-refractivity contribution in [2.75, 3.05) is 6.61 Å². The van der Waals surface area contributed by atoms with Gasteiger partial charge in [-0.15, -0.1) is 11.3 Å². The Balaban J connectivity index is 2.59. The molecule has 1 heterocycles. The Morgan fingerprint density at radius 3 is 3.08 bits per heavy atom. The van der Waals surface area contributed by atoms with E-state index < -0.39 is 11.7 Å². The summed E-state index contributed by atoms with van der Waals surface area (Å²) in [6, 6.07) is 1.24. The first kappa shape index (κ1) is 9.15. The third kappa shape index (κ3) is 2.02. The summed E-state index contributed by atoms with van der Waals surface area (Å²) in [5.74, 6) is -1.05. The number of hydroxylamine groups is 1. The lowest BCUT2D eigenvalue weighted by atomic mass is 10.4. The minimum atomic E-state index is -0.538. The van der Waals surface area contributed by atoms with Crippen LogP contribution in [-0.2, 0) is 4.84 Å². The smallest absolute Gasteiger partial charge is 0.274 e. The summed E-state index contributed by atoms with van der Waals surface area (Å²) < 4.78 is 12.7. The number of rotatable bonds is 3. The lowest BCUT2D eigenvalue weighted by Crippen LogP contribution is -2.23. The second-order valence-electron chi connectivity index (χ2n) is 1.96. The molecule has 0 aromatic carbocycles. The predicted octanol–water partition coefficient (Wildman–Crippen LogP) is 1.57. The zero-order chi connectivity index (χ0) is 8.97. The molecule has 1 aromatic rings. The van der Waals surface area contributed by atoms with Crippen LogP contribution in [0.15, 0.2) is 11.4 Å². The van der Waals surface area contributed by atoms with Crippen LogP contribution in [-0.4, -0.2) is 12.5 Å². The SMILES string of the molecule is CCONC(=O)c1sccc1F. The number of hydrogen-bond acceptors (Lipinski definition) is 3. The maximum atomic E-state index is 12.7. The molecule has 0 unspecified atom stereocenters. The van der Waals surface area contributed by atoms with Gasteiger partial charge >= 0.3 is 0 Å². The molecular formula is C7H8FNO2S. The van der Waals surface area contributed by atoms with Gasteiger partial charge in [0.25, 0.3) is 5.91 Å². The Kier molecular flexibility index (Phi) is 3.19. The first-order valence-corrected chi connectivity index (χ1v) is 4.28. The molecule has 1 N–H and O–H groups in total. The van der Waals surface area contributed by atoms with Crippen LogP contribution < -0.4 is 5.48 Å². The minimum Gasteiger partial charge on any atom is -0.274 e. The van der Waals surface area contributed by atoms with Gasteiger partial charge in [0.1, 0.15) is 10.7 Å². The molecule has 0 radical (unpaired) electrons. The van der Waals surface area contributed by atoms with Crippen molar-refractivity contribution >= 4 is 17.2 Å². The molecule has 3 nitrogen and oxygen atoms in total. The zero-order valence-electron chi connectivity index (χ0n) is 6.46. The molecule has 0 saturated heterocycles. The van der Waals surface area contributed by atoms with Crippen molar-refractivity contribution in [3.8, 4) is 0 Å². The molecule has 0 bridgehead atoms. The van der Waals surface area contributed by atoms with Gasteiger partial charge in [0.15, 0.2) is 0 Å². The van der Waals surface area contributed by atoms with Gasteiger partial charge in [-0.25, -0.2) is 9.87 Å². The summed E-state index contributed by atoms with van der Waals surface area (Å²) in [5, 5.41) is 1.51. The van der Waals surface area contributed by atoms with Gasteiger partial charge in [-0.2, -0.15) is 0 Å². The Hall–Kier alpha value is -0.940. The predicted molar refractivity (Wildman–Crippen MR) is 43.4 cm³/mol. The largest absolute Gasteiger partial charge is 0.287 e. The highest BCUT2D eigenvalue weighted by atomic mass is 32.1. The van der Waals surface area contributed by atoms with Crippen LogP contribution in [0.2, 0.25) is 0 Å². The Bertz CT molecular complexity index is 274. The van der Waals surface area contributed by atoms with E-state index in [0.717, 1.165) is 11.3 Å². The van der Waals surface area contributed by atoms with Crippen molar-refractivity contribution in [1.29, 1.82) is 0 Å². The number of thiophene rings is 1. The number of carbonyl (C=O) groups is 1. The van der Waals surface area contributed by atoms with E-state index in [1.54, 1.807) is 6.92 Å². The lowest BCUT2D eigenvalue weighted by molar-refractivity contribution is 0.0365. The van der Waals surface area contributed by atoms with E-state index in [4.69, 9.17) is 0 Å². The number of halogens is 1. The van der Waals surface area contributed by atoms with E-state index in [9.17, 15) is 9.18 Å². The highest BCUT2D eigenvalue weighted by Crippen LogP contribution is 2.13. The summed E-state index contributed by atoms with van der Waals surface area (Å²) in [5.41, 5.74) is 2.11. The summed E-state index contributed by atoms with van der Waals surface area (Å²) in [7, 11) is 0. The summed E-state index contributed by atoms with van der Waals surface area (Å²) >= 11 is 1.04. The monoisotopic (exact) mass is 189 g/mol. The normalized spacial score (nSPS) is 9.83. The second-order valence-corrected chi connectivity index (χ2v) is 2.88. The molecule has 0 spiro atoms. The van der Waals surface area contributed by atoms with Crippen LogP contribution in [0.3, 0.4) is 0 Å². The van der Waals surface area contributed by atoms with Crippen LogP contribution in [0.5, 0.6) is 0 Å². The van der Waals surface area contributed by atoms with Crippen molar-refractivity contribution in [2.45, 2.75) is 6.92 Å². The van der Waals surface area contributed by atoms with Gasteiger partial charge in [-0.3, -0.25) is 9.63 Å². The zero-order valence-corrected chi connectivity index (χ0v) is 7.28. The van der Waals surface area contributed by atoms with E-state index in [1.807, 2.05) is 0 Å². The molecule has 0 saturated carbocycles. The average molecular weight is 189 g/mol. The van der Waals surface area contributed by atoms with Gasteiger partial charge in [-0.05, 0) is 18.4 Å². The molecule has 0 fully saturated rings. The van der Waals surface area contributed by atoms with Crippen molar-refractivity contribution < 1.29 is 14.0 Å². The summed E-state index contributed by atoms with van der Waals surface area (Å²) in [6.45, 7) is 2.09. The van der Waals surface area contributed by atoms with Gasteiger partial charge < -0.3 is 0 Å². The summed E-state index contributed by atoms with van der Waals surface area (Å²) in [4.78, 5) is 15.7. The summed E-state index contributed by atoms with van der Waals surface area (Å²) in [6.07, 6.45) is 0. The number of nitrogens with one attached hydrogen (secondary N) is 1. The molecule has 12 heavy (non-hydrogen) atoms. The number of carbonyl (C=O) groups excluding carboxylic acids is 1. The fourth-order valence-electron chi connectivity index (χ4n) is 0.640. The molecule has 0 atom stereocenters. The number of amides is 1. The molecule has 1 aromatic heterocycles. The highest BCUT2D eigenvalue weighted by Gasteiger charge is 2.12. The molecule has 66 valence electrons. The standard InChI is InChI=1S/C7H8FNO2S/c1-2-11-9-7(10)6-5(8)3-4-12-6/h3-4H,2H2,1H3,(H,9,10). The molecular weight excluding hydrogens is 181 g/mol. The Labute approximate surface area is 73.1 Å². The molecule has 1 rings (SSSR count). The van der Waals surface area contributed by atoms with E-state index in [-0.39, 0.29) is 4.88 Å². The first-order valence-electron chi connectivity index (χ1n) is 3.40. The maximum Gasteiger partial charge on any atom is 0.287 e. The van der Waals surface area contributed by atoms with E-state index in [0.29, 0.717) is 6.61 Å². The van der Waals surface area contributed by atoms with Crippen molar-refractivity contribution in [3.05, 3.63) is 22.1 Å².